The van der Waals surface area contributed by atoms with Gasteiger partial charge in [0.25, 0.3) is 0 Å². The summed E-state index contributed by atoms with van der Waals surface area (Å²) in [4.78, 5) is 14.3. The fourth-order valence-electron chi connectivity index (χ4n) is 3.48. The van der Waals surface area contributed by atoms with Gasteiger partial charge in [0.2, 0.25) is 0 Å². The van der Waals surface area contributed by atoms with E-state index in [0.29, 0.717) is 5.92 Å². The van der Waals surface area contributed by atoms with Gasteiger partial charge in [-0.15, -0.1) is 0 Å². The number of rotatable bonds is 3. The van der Waals surface area contributed by atoms with Gasteiger partial charge in [-0.05, 0) is 64.2 Å². The van der Waals surface area contributed by atoms with Crippen LogP contribution in [0.4, 0.5) is 0 Å². The zero-order valence-electron chi connectivity index (χ0n) is 11.9. The van der Waals surface area contributed by atoms with E-state index in [2.05, 4.69) is 17.1 Å². The van der Waals surface area contributed by atoms with Crippen LogP contribution in [0.5, 0.6) is 0 Å². The number of nitrogens with zero attached hydrogens (tertiary/aromatic N) is 1. The van der Waals surface area contributed by atoms with Gasteiger partial charge in [0.15, 0.2) is 0 Å². The minimum absolute atomic E-state index is 0.115. The maximum atomic E-state index is 11.8. The summed E-state index contributed by atoms with van der Waals surface area (Å²) in [5, 5.41) is 3.37. The molecule has 0 aromatic rings. The average Bonchev–Trinajstić information content (AvgIpc) is 2.82. The molecule has 0 saturated carbocycles. The Bertz CT molecular complexity index is 300. The topological polar surface area (TPSA) is 41.6 Å². The molecule has 2 aliphatic rings. The van der Waals surface area contributed by atoms with Crippen molar-refractivity contribution in [2.45, 2.75) is 38.6 Å². The van der Waals surface area contributed by atoms with E-state index in [-0.39, 0.29) is 5.97 Å². The smallest absolute Gasteiger partial charge is 0.325 e. The van der Waals surface area contributed by atoms with Crippen LogP contribution in [0.15, 0.2) is 0 Å². The molecule has 2 fully saturated rings. The third-order valence-electron chi connectivity index (χ3n) is 4.81. The number of carbonyl (C=O) groups excluding carboxylic acids is 1. The number of hydrogen-bond acceptors (Lipinski definition) is 4. The molecule has 0 aromatic heterocycles. The van der Waals surface area contributed by atoms with Crippen molar-refractivity contribution in [1.82, 2.24) is 10.2 Å². The highest BCUT2D eigenvalue weighted by atomic mass is 16.5. The van der Waals surface area contributed by atoms with Gasteiger partial charge in [-0.3, -0.25) is 4.79 Å². The molecule has 2 unspecified atom stereocenters. The monoisotopic (exact) mass is 254 g/mol. The summed E-state index contributed by atoms with van der Waals surface area (Å²) in [6, 6.07) is 0. The number of nitrogens with one attached hydrogen (secondary N) is 1. The lowest BCUT2D eigenvalue weighted by atomic mass is 9.80. The molecule has 104 valence electrons. The number of hydrogen-bond donors (Lipinski definition) is 1. The molecule has 0 bridgehead atoms. The molecular formula is C14H26N2O2. The van der Waals surface area contributed by atoms with E-state index in [1.807, 2.05) is 6.92 Å². The first kappa shape index (κ1) is 13.8. The first-order chi connectivity index (χ1) is 8.59. The summed E-state index contributed by atoms with van der Waals surface area (Å²) in [5.41, 5.74) is -0.457. The van der Waals surface area contributed by atoms with Gasteiger partial charge in [0.05, 0.1) is 7.11 Å². The van der Waals surface area contributed by atoms with Crippen molar-refractivity contribution in [2.75, 3.05) is 33.3 Å². The van der Waals surface area contributed by atoms with Crippen molar-refractivity contribution in [1.29, 1.82) is 0 Å². The second kappa shape index (κ2) is 5.57. The maximum absolute atomic E-state index is 11.8. The predicted octanol–water partition coefficient (Wildman–Crippen LogP) is 1.26. The predicted molar refractivity (Wildman–Crippen MR) is 71.4 cm³/mol. The molecule has 0 aromatic carbocycles. The Morgan fingerprint density at radius 1 is 1.39 bits per heavy atom. The average molecular weight is 254 g/mol. The third-order valence-corrected chi connectivity index (χ3v) is 4.81. The summed E-state index contributed by atoms with van der Waals surface area (Å²) < 4.78 is 4.90. The van der Waals surface area contributed by atoms with Crippen LogP contribution in [-0.2, 0) is 9.53 Å². The lowest BCUT2D eigenvalue weighted by Gasteiger charge is -2.34. The normalized spacial score (nSPS) is 34.7. The fraction of sp³-hybridized carbons (Fsp3) is 0.929. The minimum atomic E-state index is -0.457. The van der Waals surface area contributed by atoms with Crippen LogP contribution in [0.2, 0.25) is 0 Å². The molecule has 0 aliphatic carbocycles. The lowest BCUT2D eigenvalue weighted by molar-refractivity contribution is -0.147. The Labute approximate surface area is 110 Å². The Morgan fingerprint density at radius 3 is 2.61 bits per heavy atom. The largest absolute Gasteiger partial charge is 0.468 e. The van der Waals surface area contributed by atoms with E-state index in [4.69, 9.17) is 4.74 Å². The molecule has 2 atom stereocenters. The van der Waals surface area contributed by atoms with E-state index in [0.717, 1.165) is 25.4 Å². The van der Waals surface area contributed by atoms with Crippen LogP contribution in [0.3, 0.4) is 0 Å². The van der Waals surface area contributed by atoms with Crippen molar-refractivity contribution in [3.05, 3.63) is 0 Å². The van der Waals surface area contributed by atoms with Crippen LogP contribution >= 0.6 is 0 Å². The number of carbonyl (C=O) groups is 1. The zero-order chi connectivity index (χ0) is 13.2. The molecule has 0 radical (unpaired) electrons. The van der Waals surface area contributed by atoms with Gasteiger partial charge < -0.3 is 15.0 Å². The van der Waals surface area contributed by atoms with Gasteiger partial charge >= 0.3 is 5.97 Å². The number of piperidine rings is 1. The van der Waals surface area contributed by atoms with Crippen LogP contribution in [0.1, 0.15) is 33.1 Å². The number of methoxy groups -OCH3 is 1. The quantitative estimate of drug-likeness (QED) is 0.770. The zero-order valence-corrected chi connectivity index (χ0v) is 11.9. The Kier molecular flexibility index (Phi) is 4.28. The highest BCUT2D eigenvalue weighted by Gasteiger charge is 2.44. The summed E-state index contributed by atoms with van der Waals surface area (Å²) in [5.74, 6) is 1.29. The van der Waals surface area contributed by atoms with E-state index in [9.17, 15) is 4.79 Å². The van der Waals surface area contributed by atoms with E-state index >= 15 is 0 Å². The molecule has 0 spiro atoms. The minimum Gasteiger partial charge on any atom is -0.468 e. The Hall–Kier alpha value is -0.610. The van der Waals surface area contributed by atoms with Crippen molar-refractivity contribution < 1.29 is 9.53 Å². The standard InChI is InChI=1S/C14H26N2O2/c1-4-16-7-5-11(6-8-16)12-9-14(2,15-10-12)13(17)18-3/h11-12,15H,4-10H2,1-3H3. The molecule has 1 N–H and O–H groups in total. The number of ether oxygens (including phenoxy) is 1. The molecule has 4 nitrogen and oxygen atoms in total. The van der Waals surface area contributed by atoms with Crippen molar-refractivity contribution >= 4 is 5.97 Å². The van der Waals surface area contributed by atoms with Gasteiger partial charge in [-0.2, -0.15) is 0 Å². The van der Waals surface area contributed by atoms with E-state index < -0.39 is 5.54 Å². The number of esters is 1. The molecule has 2 rings (SSSR count). The number of likely N-dealkylation sites (tertiary alicyclic amines) is 1. The third kappa shape index (κ3) is 2.69. The maximum Gasteiger partial charge on any atom is 0.325 e. The van der Waals surface area contributed by atoms with Gasteiger partial charge in [-0.25, -0.2) is 0 Å². The summed E-state index contributed by atoms with van der Waals surface area (Å²) in [6.07, 6.45) is 3.48. The van der Waals surface area contributed by atoms with Crippen molar-refractivity contribution in [2.24, 2.45) is 11.8 Å². The first-order valence-electron chi connectivity index (χ1n) is 7.15. The Morgan fingerprint density at radius 2 is 2.06 bits per heavy atom. The van der Waals surface area contributed by atoms with Crippen LogP contribution in [0.25, 0.3) is 0 Å². The van der Waals surface area contributed by atoms with E-state index in [1.54, 1.807) is 0 Å². The Balaban J connectivity index is 1.88. The summed E-state index contributed by atoms with van der Waals surface area (Å²) >= 11 is 0. The van der Waals surface area contributed by atoms with Crippen LogP contribution in [-0.4, -0.2) is 49.7 Å². The second-order valence-electron chi connectivity index (χ2n) is 5.94. The van der Waals surface area contributed by atoms with Crippen molar-refractivity contribution in [3.63, 3.8) is 0 Å². The lowest BCUT2D eigenvalue weighted by Crippen LogP contribution is -2.45. The molecule has 2 saturated heterocycles. The fourth-order valence-corrected chi connectivity index (χ4v) is 3.48. The van der Waals surface area contributed by atoms with Crippen molar-refractivity contribution in [3.8, 4) is 0 Å². The molecule has 0 amide bonds. The summed E-state index contributed by atoms with van der Waals surface area (Å²) in [6.45, 7) is 8.75. The molecule has 2 aliphatic heterocycles. The molecule has 2 heterocycles. The van der Waals surface area contributed by atoms with Crippen LogP contribution in [0, 0.1) is 11.8 Å². The van der Waals surface area contributed by atoms with Gasteiger partial charge in [0.1, 0.15) is 5.54 Å². The molecule has 4 heteroatoms. The highest BCUT2D eigenvalue weighted by molar-refractivity contribution is 5.80. The molecular weight excluding hydrogens is 228 g/mol. The first-order valence-corrected chi connectivity index (χ1v) is 7.15. The summed E-state index contributed by atoms with van der Waals surface area (Å²) in [7, 11) is 1.47. The SMILES string of the molecule is CCN1CCC(C2CNC(C)(C(=O)OC)C2)CC1. The van der Waals surface area contributed by atoms with Gasteiger partial charge in [0, 0.05) is 0 Å². The second-order valence-corrected chi connectivity index (χ2v) is 5.94. The molecule has 18 heavy (non-hydrogen) atoms. The highest BCUT2D eigenvalue weighted by Crippen LogP contribution is 2.35. The van der Waals surface area contributed by atoms with Crippen LogP contribution < -0.4 is 5.32 Å². The van der Waals surface area contributed by atoms with Gasteiger partial charge in [-0.1, -0.05) is 6.92 Å². The van der Waals surface area contributed by atoms with E-state index in [1.165, 1.54) is 33.0 Å².